The summed E-state index contributed by atoms with van der Waals surface area (Å²) in [5.74, 6) is -0.873. The molecule has 7 nitrogen and oxygen atoms in total. The number of nitrogens with one attached hydrogen (secondary N) is 2. The quantitative estimate of drug-likeness (QED) is 0.308. The fourth-order valence-corrected chi connectivity index (χ4v) is 0.610. The van der Waals surface area contributed by atoms with Crippen molar-refractivity contribution in [2.24, 2.45) is 5.73 Å². The van der Waals surface area contributed by atoms with Gasteiger partial charge in [0.2, 0.25) is 11.8 Å². The Kier molecular flexibility index (Phi) is 6.63. The Balaban J connectivity index is 3.51. The first kappa shape index (κ1) is 12.8. The molecule has 2 amide bonds. The van der Waals surface area contributed by atoms with E-state index in [1.807, 2.05) is 0 Å². The Hall–Kier alpha value is -1.18. The van der Waals surface area contributed by atoms with Crippen molar-refractivity contribution in [3.8, 4) is 0 Å². The minimum atomic E-state index is -0.982. The van der Waals surface area contributed by atoms with E-state index < -0.39 is 24.5 Å². The van der Waals surface area contributed by atoms with Crippen LogP contribution in [0.15, 0.2) is 0 Å². The average molecular weight is 205 g/mol. The predicted octanol–water partition coefficient (Wildman–Crippen LogP) is -3.47. The van der Waals surface area contributed by atoms with Gasteiger partial charge in [-0.3, -0.25) is 9.59 Å². The van der Waals surface area contributed by atoms with Gasteiger partial charge in [0.05, 0.1) is 25.8 Å². The van der Waals surface area contributed by atoms with Crippen LogP contribution >= 0.6 is 0 Å². The molecule has 0 aromatic carbocycles. The molecular formula is C7H15N3O4. The maximum absolute atomic E-state index is 10.9. The van der Waals surface area contributed by atoms with Crippen LogP contribution in [0.5, 0.6) is 0 Å². The molecular weight excluding hydrogens is 190 g/mol. The van der Waals surface area contributed by atoms with E-state index in [1.165, 1.54) is 0 Å². The molecule has 7 heteroatoms. The van der Waals surface area contributed by atoms with E-state index >= 15 is 0 Å². The number of aliphatic hydroxyl groups excluding tert-OH is 2. The number of amides is 2. The molecule has 0 fully saturated rings. The summed E-state index contributed by atoms with van der Waals surface area (Å²) in [5.41, 5.74) is 4.99. The van der Waals surface area contributed by atoms with E-state index in [9.17, 15) is 9.59 Å². The fourth-order valence-electron chi connectivity index (χ4n) is 0.610. The van der Waals surface area contributed by atoms with Gasteiger partial charge in [-0.2, -0.15) is 0 Å². The van der Waals surface area contributed by atoms with Crippen molar-refractivity contribution in [3.05, 3.63) is 0 Å². The van der Waals surface area contributed by atoms with Gasteiger partial charge in [0.25, 0.3) is 0 Å². The molecule has 14 heavy (non-hydrogen) atoms. The molecule has 0 radical (unpaired) electrons. The van der Waals surface area contributed by atoms with Crippen LogP contribution in [0.3, 0.4) is 0 Å². The molecule has 1 unspecified atom stereocenters. The first-order valence-corrected chi connectivity index (χ1v) is 4.12. The molecule has 1 atom stereocenters. The van der Waals surface area contributed by atoms with Crippen molar-refractivity contribution < 1.29 is 19.8 Å². The molecule has 0 aliphatic heterocycles. The number of carbonyl (C=O) groups excluding carboxylic acids is 2. The molecule has 0 rings (SSSR count). The monoisotopic (exact) mass is 205 g/mol. The zero-order valence-corrected chi connectivity index (χ0v) is 7.69. The minimum Gasteiger partial charge on any atom is -0.394 e. The van der Waals surface area contributed by atoms with Gasteiger partial charge in [-0.15, -0.1) is 0 Å². The number of carbonyl (C=O) groups is 2. The summed E-state index contributed by atoms with van der Waals surface area (Å²) in [6.07, 6.45) is -0.982. The number of hydrogen-bond donors (Lipinski definition) is 5. The summed E-state index contributed by atoms with van der Waals surface area (Å²) in [6, 6.07) is 0. The maximum atomic E-state index is 10.9. The van der Waals surface area contributed by atoms with E-state index in [4.69, 9.17) is 15.9 Å². The smallest absolute Gasteiger partial charge is 0.239 e. The molecule has 0 bridgehead atoms. The maximum Gasteiger partial charge on any atom is 0.239 e. The zero-order chi connectivity index (χ0) is 11.0. The van der Waals surface area contributed by atoms with E-state index in [-0.39, 0.29) is 19.6 Å². The summed E-state index contributed by atoms with van der Waals surface area (Å²) in [5, 5.41) is 21.8. The van der Waals surface area contributed by atoms with Gasteiger partial charge in [-0.05, 0) is 0 Å². The lowest BCUT2D eigenvalue weighted by atomic mass is 10.4. The Morgan fingerprint density at radius 1 is 1.29 bits per heavy atom. The molecule has 82 valence electrons. The average Bonchev–Trinajstić information content (AvgIpc) is 2.22. The summed E-state index contributed by atoms with van der Waals surface area (Å²) < 4.78 is 0. The summed E-state index contributed by atoms with van der Waals surface area (Å²) in [4.78, 5) is 21.5. The molecule has 0 spiro atoms. The molecule has 0 heterocycles. The normalized spacial score (nSPS) is 11.9. The number of aliphatic hydroxyl groups is 2. The second-order valence-electron chi connectivity index (χ2n) is 2.62. The second-order valence-corrected chi connectivity index (χ2v) is 2.62. The molecule has 6 N–H and O–H groups in total. The van der Waals surface area contributed by atoms with Gasteiger partial charge in [-0.25, -0.2) is 0 Å². The summed E-state index contributed by atoms with van der Waals surface area (Å²) in [6.45, 7) is -0.829. The van der Waals surface area contributed by atoms with E-state index in [1.54, 1.807) is 0 Å². The van der Waals surface area contributed by atoms with Crippen LogP contribution < -0.4 is 16.4 Å². The number of nitrogens with two attached hydrogens (primary N) is 1. The van der Waals surface area contributed by atoms with E-state index in [2.05, 4.69) is 10.6 Å². The minimum absolute atomic E-state index is 0.0478. The third-order valence-corrected chi connectivity index (χ3v) is 1.38. The molecule has 0 aromatic heterocycles. The highest BCUT2D eigenvalue weighted by atomic mass is 16.3. The lowest BCUT2D eigenvalue weighted by Gasteiger charge is -2.09. The SMILES string of the molecule is NCC(=O)NCC(=O)NCC(O)CO. The van der Waals surface area contributed by atoms with Crippen LogP contribution in [0, 0.1) is 0 Å². The zero-order valence-electron chi connectivity index (χ0n) is 7.69. The van der Waals surface area contributed by atoms with Gasteiger partial charge < -0.3 is 26.6 Å². The first-order valence-electron chi connectivity index (χ1n) is 4.12. The Bertz CT molecular complexity index is 197. The molecule has 0 aliphatic carbocycles. The van der Waals surface area contributed by atoms with Crippen LogP contribution in [-0.2, 0) is 9.59 Å². The molecule has 0 aliphatic rings. The van der Waals surface area contributed by atoms with Crippen molar-refractivity contribution in [1.29, 1.82) is 0 Å². The second kappa shape index (κ2) is 7.25. The van der Waals surface area contributed by atoms with Crippen molar-refractivity contribution >= 4 is 11.8 Å². The van der Waals surface area contributed by atoms with Gasteiger partial charge in [0.1, 0.15) is 0 Å². The third-order valence-electron chi connectivity index (χ3n) is 1.38. The van der Waals surface area contributed by atoms with E-state index in [0.717, 1.165) is 0 Å². The molecule has 0 saturated carbocycles. The van der Waals surface area contributed by atoms with Crippen LogP contribution in [-0.4, -0.2) is 54.4 Å². The highest BCUT2D eigenvalue weighted by Crippen LogP contribution is 1.76. The lowest BCUT2D eigenvalue weighted by molar-refractivity contribution is -0.125. The topological polar surface area (TPSA) is 125 Å². The Labute approximate surface area is 81.3 Å². The van der Waals surface area contributed by atoms with Gasteiger partial charge >= 0.3 is 0 Å². The molecule has 0 saturated heterocycles. The number of hydrogen-bond acceptors (Lipinski definition) is 5. The fraction of sp³-hybridized carbons (Fsp3) is 0.714. The Morgan fingerprint density at radius 2 is 1.93 bits per heavy atom. The van der Waals surface area contributed by atoms with Gasteiger partial charge in [0.15, 0.2) is 0 Å². The number of rotatable bonds is 6. The third kappa shape index (κ3) is 6.35. The highest BCUT2D eigenvalue weighted by molar-refractivity contribution is 5.85. The highest BCUT2D eigenvalue weighted by Gasteiger charge is 2.06. The van der Waals surface area contributed by atoms with Crippen LogP contribution in [0.1, 0.15) is 0 Å². The van der Waals surface area contributed by atoms with Crippen LogP contribution in [0.25, 0.3) is 0 Å². The lowest BCUT2D eigenvalue weighted by Crippen LogP contribution is -2.42. The van der Waals surface area contributed by atoms with Crippen molar-refractivity contribution in [1.82, 2.24) is 10.6 Å². The van der Waals surface area contributed by atoms with Crippen LogP contribution in [0.2, 0.25) is 0 Å². The van der Waals surface area contributed by atoms with Gasteiger partial charge in [0, 0.05) is 6.54 Å². The summed E-state index contributed by atoms with van der Waals surface area (Å²) in [7, 11) is 0. The predicted molar refractivity (Wildman–Crippen MR) is 48.2 cm³/mol. The van der Waals surface area contributed by atoms with Crippen molar-refractivity contribution in [2.75, 3.05) is 26.2 Å². The van der Waals surface area contributed by atoms with E-state index in [0.29, 0.717) is 0 Å². The van der Waals surface area contributed by atoms with Crippen molar-refractivity contribution in [2.45, 2.75) is 6.10 Å². The van der Waals surface area contributed by atoms with Gasteiger partial charge in [-0.1, -0.05) is 0 Å². The Morgan fingerprint density at radius 3 is 2.43 bits per heavy atom. The van der Waals surface area contributed by atoms with Crippen LogP contribution in [0.4, 0.5) is 0 Å². The standard InChI is InChI=1S/C7H15N3O4/c8-1-6(13)10-3-7(14)9-2-5(12)4-11/h5,11-12H,1-4,8H2,(H,9,14)(H,10,13). The van der Waals surface area contributed by atoms with Crippen molar-refractivity contribution in [3.63, 3.8) is 0 Å². The molecule has 0 aromatic rings. The summed E-state index contributed by atoms with van der Waals surface area (Å²) >= 11 is 0. The largest absolute Gasteiger partial charge is 0.394 e. The first-order chi connectivity index (χ1) is 6.60.